The summed E-state index contributed by atoms with van der Waals surface area (Å²) in [5.74, 6) is 0. The second-order valence-corrected chi connectivity index (χ2v) is 9.59. The zero-order valence-electron chi connectivity index (χ0n) is 18.1. The van der Waals surface area contributed by atoms with Crippen molar-refractivity contribution in [1.29, 1.82) is 0 Å². The van der Waals surface area contributed by atoms with Crippen molar-refractivity contribution in [3.8, 4) is 0 Å². The minimum Gasteiger partial charge on any atom is -0.443 e. The van der Waals surface area contributed by atoms with Crippen LogP contribution >= 0.6 is 27.5 Å². The fraction of sp³-hybridized carbons (Fsp3) is 0.333. The Bertz CT molecular complexity index is 1520. The predicted octanol–water partition coefficient (Wildman–Crippen LogP) is 3.64. The first kappa shape index (κ1) is 22.3. The number of rotatable bonds is 2. The second kappa shape index (κ2) is 7.63. The molecule has 0 spiro atoms. The summed E-state index contributed by atoms with van der Waals surface area (Å²) in [4.78, 5) is 43.6. The van der Waals surface area contributed by atoms with Crippen LogP contribution in [0.1, 0.15) is 26.5 Å². The van der Waals surface area contributed by atoms with E-state index in [1.54, 1.807) is 63.7 Å². The zero-order chi connectivity index (χ0) is 23.5. The van der Waals surface area contributed by atoms with Gasteiger partial charge < -0.3 is 9.30 Å². The molecule has 32 heavy (non-hydrogen) atoms. The molecule has 4 rings (SSSR count). The van der Waals surface area contributed by atoms with E-state index in [2.05, 4.69) is 20.9 Å². The average molecular weight is 523 g/mol. The highest BCUT2D eigenvalue weighted by Crippen LogP contribution is 2.28. The van der Waals surface area contributed by atoms with Crippen LogP contribution in [0, 0.1) is 0 Å². The van der Waals surface area contributed by atoms with Crippen LogP contribution in [0.4, 0.5) is 4.79 Å². The van der Waals surface area contributed by atoms with Crippen molar-refractivity contribution in [2.24, 2.45) is 14.1 Å². The van der Waals surface area contributed by atoms with Gasteiger partial charge in [0.05, 0.1) is 17.8 Å². The van der Waals surface area contributed by atoms with Gasteiger partial charge in [-0.25, -0.2) is 19.1 Å². The Balaban J connectivity index is 1.97. The first-order chi connectivity index (χ1) is 14.9. The molecular formula is C21H21BrClN5O4. The van der Waals surface area contributed by atoms with Crippen LogP contribution in [-0.2, 0) is 25.4 Å². The molecule has 11 heteroatoms. The van der Waals surface area contributed by atoms with E-state index in [9.17, 15) is 14.4 Å². The Morgan fingerprint density at radius 3 is 2.53 bits per heavy atom. The molecule has 9 nitrogen and oxygen atoms in total. The molecule has 0 unspecified atom stereocenters. The molecule has 168 valence electrons. The summed E-state index contributed by atoms with van der Waals surface area (Å²) in [6.45, 7) is 5.13. The maximum absolute atomic E-state index is 13.2. The number of carbonyl (C=O) groups is 1. The molecule has 0 fully saturated rings. The van der Waals surface area contributed by atoms with Crippen LogP contribution in [0.3, 0.4) is 0 Å². The van der Waals surface area contributed by atoms with Gasteiger partial charge in [-0.2, -0.15) is 0 Å². The van der Waals surface area contributed by atoms with Gasteiger partial charge in [-0.3, -0.25) is 13.9 Å². The summed E-state index contributed by atoms with van der Waals surface area (Å²) in [7, 11) is 3.22. The van der Waals surface area contributed by atoms with Crippen LogP contribution in [0.15, 0.2) is 38.6 Å². The lowest BCUT2D eigenvalue weighted by atomic mass is 10.2. The Hall–Kier alpha value is -2.85. The van der Waals surface area contributed by atoms with E-state index >= 15 is 0 Å². The molecule has 0 saturated heterocycles. The minimum absolute atomic E-state index is 0.158. The van der Waals surface area contributed by atoms with E-state index in [0.717, 1.165) is 4.57 Å². The highest BCUT2D eigenvalue weighted by Gasteiger charge is 2.25. The van der Waals surface area contributed by atoms with Crippen molar-refractivity contribution in [2.45, 2.75) is 32.9 Å². The van der Waals surface area contributed by atoms with E-state index in [0.29, 0.717) is 26.4 Å². The largest absolute Gasteiger partial charge is 0.443 e. The maximum atomic E-state index is 13.2. The number of hydrogen-bond acceptors (Lipinski definition) is 5. The van der Waals surface area contributed by atoms with Gasteiger partial charge in [0, 0.05) is 24.5 Å². The molecule has 1 aromatic carbocycles. The van der Waals surface area contributed by atoms with Crippen LogP contribution in [0.2, 0.25) is 5.02 Å². The van der Waals surface area contributed by atoms with Gasteiger partial charge in [0.25, 0.3) is 5.56 Å². The van der Waals surface area contributed by atoms with Crippen molar-refractivity contribution in [2.75, 3.05) is 0 Å². The number of ether oxygens (including phenoxy) is 1. The van der Waals surface area contributed by atoms with Gasteiger partial charge in [0.1, 0.15) is 5.60 Å². The molecule has 3 heterocycles. The Morgan fingerprint density at radius 1 is 1.19 bits per heavy atom. The highest BCUT2D eigenvalue weighted by atomic mass is 79.9. The number of hydrogen-bond donors (Lipinski definition) is 0. The van der Waals surface area contributed by atoms with Crippen LogP contribution in [-0.4, -0.2) is 34.9 Å². The third-order valence-corrected chi connectivity index (χ3v) is 6.11. The first-order valence-electron chi connectivity index (χ1n) is 9.74. The van der Waals surface area contributed by atoms with Crippen molar-refractivity contribution in [1.82, 2.24) is 23.3 Å². The number of benzene rings is 1. The SMILES string of the molecule is Cn1c(Br)nc2c1c(=O)n(Cc1cc3c(Cl)cccc3n1C(=O)OC(C)(C)C)c(=O)n2C. The molecule has 0 aliphatic rings. The van der Waals surface area contributed by atoms with Gasteiger partial charge in [-0.15, -0.1) is 0 Å². The Morgan fingerprint density at radius 2 is 1.88 bits per heavy atom. The van der Waals surface area contributed by atoms with E-state index in [1.165, 1.54) is 9.13 Å². The smallest absolute Gasteiger partial charge is 0.419 e. The summed E-state index contributed by atoms with van der Waals surface area (Å²) in [5.41, 5.74) is -0.372. The molecule has 0 atom stereocenters. The summed E-state index contributed by atoms with van der Waals surface area (Å²) in [6, 6.07) is 6.85. The van der Waals surface area contributed by atoms with E-state index < -0.39 is 22.9 Å². The number of fused-ring (bicyclic) bond motifs is 2. The second-order valence-electron chi connectivity index (χ2n) is 8.47. The number of imidazole rings is 1. The van der Waals surface area contributed by atoms with Gasteiger partial charge in [-0.05, 0) is 54.9 Å². The molecule has 3 aromatic heterocycles. The van der Waals surface area contributed by atoms with Gasteiger partial charge >= 0.3 is 11.8 Å². The standard InChI is InChI=1S/C21H21BrClN5O4/c1-21(2,3)32-20(31)28-11(9-12-13(23)7-6-8-14(12)28)10-27-17(29)15-16(26(5)19(27)30)24-18(22)25(15)4/h6-9H,10H2,1-5H3. The number of aromatic nitrogens is 5. The summed E-state index contributed by atoms with van der Waals surface area (Å²) in [5, 5.41) is 1.06. The average Bonchev–Trinajstić information content (AvgIpc) is 3.21. The molecule has 0 radical (unpaired) electrons. The first-order valence-corrected chi connectivity index (χ1v) is 10.9. The van der Waals surface area contributed by atoms with Crippen molar-refractivity contribution in [3.63, 3.8) is 0 Å². The lowest BCUT2D eigenvalue weighted by Crippen LogP contribution is -2.40. The van der Waals surface area contributed by atoms with Gasteiger partial charge in [0.2, 0.25) is 0 Å². The molecule has 0 N–H and O–H groups in total. The fourth-order valence-corrected chi connectivity index (χ4v) is 4.18. The molecule has 4 aromatic rings. The normalized spacial score (nSPS) is 12.1. The summed E-state index contributed by atoms with van der Waals surface area (Å²) < 4.78 is 11.3. The molecule has 0 amide bonds. The topological polar surface area (TPSA) is 93.1 Å². The minimum atomic E-state index is -0.740. The molecular weight excluding hydrogens is 502 g/mol. The van der Waals surface area contributed by atoms with Crippen molar-refractivity contribution in [3.05, 3.63) is 60.6 Å². The van der Waals surface area contributed by atoms with Crippen LogP contribution in [0.5, 0.6) is 0 Å². The molecule has 0 saturated carbocycles. The van der Waals surface area contributed by atoms with Crippen molar-refractivity contribution >= 4 is 55.7 Å². The molecule has 0 aliphatic carbocycles. The Kier molecular flexibility index (Phi) is 5.33. The summed E-state index contributed by atoms with van der Waals surface area (Å²) >= 11 is 9.65. The number of aryl methyl sites for hydroxylation is 2. The fourth-order valence-electron chi connectivity index (χ4n) is 3.61. The third-order valence-electron chi connectivity index (χ3n) is 5.07. The van der Waals surface area contributed by atoms with Crippen LogP contribution < -0.4 is 11.2 Å². The number of carbonyl (C=O) groups excluding carboxylic acids is 1. The third kappa shape index (κ3) is 3.57. The lowest BCUT2D eigenvalue weighted by molar-refractivity contribution is 0.0540. The zero-order valence-corrected chi connectivity index (χ0v) is 20.5. The highest BCUT2D eigenvalue weighted by molar-refractivity contribution is 9.10. The van der Waals surface area contributed by atoms with E-state index in [1.807, 2.05) is 0 Å². The maximum Gasteiger partial charge on any atom is 0.419 e. The monoisotopic (exact) mass is 521 g/mol. The van der Waals surface area contributed by atoms with E-state index in [4.69, 9.17) is 16.3 Å². The molecule has 0 bridgehead atoms. The van der Waals surface area contributed by atoms with Gasteiger partial charge in [-0.1, -0.05) is 17.7 Å². The lowest BCUT2D eigenvalue weighted by Gasteiger charge is -2.21. The predicted molar refractivity (Wildman–Crippen MR) is 126 cm³/mol. The van der Waals surface area contributed by atoms with Crippen molar-refractivity contribution < 1.29 is 9.53 Å². The van der Waals surface area contributed by atoms with E-state index in [-0.39, 0.29) is 17.7 Å². The van der Waals surface area contributed by atoms with Crippen LogP contribution in [0.25, 0.3) is 22.1 Å². The quantitative estimate of drug-likeness (QED) is 0.375. The summed E-state index contributed by atoms with van der Waals surface area (Å²) in [6.07, 6.45) is -0.626. The number of nitrogens with zero attached hydrogens (tertiary/aromatic N) is 5. The van der Waals surface area contributed by atoms with Gasteiger partial charge in [0.15, 0.2) is 15.9 Å². The Labute approximate surface area is 195 Å². The number of halogens is 2. The molecule has 0 aliphatic heterocycles.